The van der Waals surface area contributed by atoms with Gasteiger partial charge in [-0.3, -0.25) is 4.79 Å². The van der Waals surface area contributed by atoms with Crippen molar-refractivity contribution in [2.45, 2.75) is 45.1 Å². The summed E-state index contributed by atoms with van der Waals surface area (Å²) in [5.74, 6) is -0.106. The SMILES string of the molecule is CCCC(=O)OCC1(CC)CCO1. The van der Waals surface area contributed by atoms with E-state index < -0.39 is 0 Å². The van der Waals surface area contributed by atoms with E-state index >= 15 is 0 Å². The molecule has 3 heteroatoms. The monoisotopic (exact) mass is 186 g/mol. The first-order valence-electron chi connectivity index (χ1n) is 5.02. The Bertz CT molecular complexity index is 167. The van der Waals surface area contributed by atoms with Crippen LogP contribution in [0, 0.1) is 0 Å². The molecule has 0 aromatic carbocycles. The summed E-state index contributed by atoms with van der Waals surface area (Å²) in [6.45, 7) is 5.27. The molecule has 0 aromatic rings. The number of ether oxygens (including phenoxy) is 2. The van der Waals surface area contributed by atoms with Crippen LogP contribution in [0.4, 0.5) is 0 Å². The molecule has 1 aliphatic heterocycles. The lowest BCUT2D eigenvalue weighted by Gasteiger charge is -2.40. The lowest BCUT2D eigenvalue weighted by molar-refractivity contribution is -0.189. The number of hydrogen-bond donors (Lipinski definition) is 0. The zero-order chi connectivity index (χ0) is 9.73. The topological polar surface area (TPSA) is 35.5 Å². The molecule has 76 valence electrons. The van der Waals surface area contributed by atoms with E-state index in [1.807, 2.05) is 6.92 Å². The van der Waals surface area contributed by atoms with Crippen LogP contribution in [0.5, 0.6) is 0 Å². The van der Waals surface area contributed by atoms with Gasteiger partial charge >= 0.3 is 5.97 Å². The van der Waals surface area contributed by atoms with Gasteiger partial charge in [0.15, 0.2) is 0 Å². The number of rotatable bonds is 5. The number of hydrogen-bond acceptors (Lipinski definition) is 3. The van der Waals surface area contributed by atoms with E-state index in [-0.39, 0.29) is 11.6 Å². The fraction of sp³-hybridized carbons (Fsp3) is 0.900. The van der Waals surface area contributed by atoms with Gasteiger partial charge in [-0.1, -0.05) is 13.8 Å². The van der Waals surface area contributed by atoms with Crippen LogP contribution in [0.25, 0.3) is 0 Å². The Morgan fingerprint density at radius 2 is 2.23 bits per heavy atom. The molecule has 1 fully saturated rings. The molecular weight excluding hydrogens is 168 g/mol. The van der Waals surface area contributed by atoms with Gasteiger partial charge in [0, 0.05) is 12.8 Å². The maximum Gasteiger partial charge on any atom is 0.305 e. The fourth-order valence-corrected chi connectivity index (χ4v) is 1.37. The van der Waals surface area contributed by atoms with Crippen molar-refractivity contribution in [2.75, 3.05) is 13.2 Å². The van der Waals surface area contributed by atoms with Crippen molar-refractivity contribution in [3.63, 3.8) is 0 Å². The van der Waals surface area contributed by atoms with Crippen molar-refractivity contribution in [3.8, 4) is 0 Å². The van der Waals surface area contributed by atoms with Crippen LogP contribution in [0.3, 0.4) is 0 Å². The Morgan fingerprint density at radius 1 is 1.54 bits per heavy atom. The largest absolute Gasteiger partial charge is 0.463 e. The Morgan fingerprint density at radius 3 is 2.62 bits per heavy atom. The quantitative estimate of drug-likeness (QED) is 0.615. The summed E-state index contributed by atoms with van der Waals surface area (Å²) < 4.78 is 10.5. The highest BCUT2D eigenvalue weighted by atomic mass is 16.6. The third-order valence-corrected chi connectivity index (χ3v) is 2.56. The summed E-state index contributed by atoms with van der Waals surface area (Å²) in [5, 5.41) is 0. The van der Waals surface area contributed by atoms with Crippen molar-refractivity contribution in [2.24, 2.45) is 0 Å². The van der Waals surface area contributed by atoms with Gasteiger partial charge in [0.1, 0.15) is 12.2 Å². The molecule has 1 aliphatic rings. The number of esters is 1. The normalized spacial score (nSPS) is 26.6. The number of carbonyl (C=O) groups excluding carboxylic acids is 1. The van der Waals surface area contributed by atoms with Gasteiger partial charge in [0.25, 0.3) is 0 Å². The van der Waals surface area contributed by atoms with E-state index in [1.165, 1.54) is 0 Å². The highest BCUT2D eigenvalue weighted by Gasteiger charge is 2.37. The highest BCUT2D eigenvalue weighted by molar-refractivity contribution is 5.69. The van der Waals surface area contributed by atoms with Gasteiger partial charge in [-0.15, -0.1) is 0 Å². The van der Waals surface area contributed by atoms with Crippen molar-refractivity contribution in [1.82, 2.24) is 0 Å². The van der Waals surface area contributed by atoms with Gasteiger partial charge < -0.3 is 9.47 Å². The van der Waals surface area contributed by atoms with Crippen LogP contribution in [-0.4, -0.2) is 24.8 Å². The Hall–Kier alpha value is -0.570. The van der Waals surface area contributed by atoms with E-state index in [2.05, 4.69) is 6.92 Å². The summed E-state index contributed by atoms with van der Waals surface area (Å²) in [6.07, 6.45) is 3.30. The van der Waals surface area contributed by atoms with Crippen LogP contribution in [-0.2, 0) is 14.3 Å². The molecule has 1 atom stereocenters. The van der Waals surface area contributed by atoms with Gasteiger partial charge in [-0.05, 0) is 12.8 Å². The maximum atomic E-state index is 11.1. The molecule has 0 saturated carbocycles. The first-order valence-corrected chi connectivity index (χ1v) is 5.02. The minimum absolute atomic E-state index is 0.106. The molecule has 0 radical (unpaired) electrons. The molecule has 0 spiro atoms. The molecule has 0 amide bonds. The van der Waals surface area contributed by atoms with Crippen molar-refractivity contribution < 1.29 is 14.3 Å². The molecule has 1 unspecified atom stereocenters. The second-order valence-electron chi connectivity index (χ2n) is 3.55. The van der Waals surface area contributed by atoms with Gasteiger partial charge in [-0.2, -0.15) is 0 Å². The molecular formula is C10H18O3. The van der Waals surface area contributed by atoms with Gasteiger partial charge in [0.05, 0.1) is 6.61 Å². The van der Waals surface area contributed by atoms with Crippen LogP contribution >= 0.6 is 0 Å². The van der Waals surface area contributed by atoms with Gasteiger partial charge in [-0.25, -0.2) is 0 Å². The molecule has 1 rings (SSSR count). The highest BCUT2D eigenvalue weighted by Crippen LogP contribution is 2.30. The summed E-state index contributed by atoms with van der Waals surface area (Å²) in [5.41, 5.74) is -0.149. The second kappa shape index (κ2) is 4.61. The van der Waals surface area contributed by atoms with Crippen molar-refractivity contribution in [1.29, 1.82) is 0 Å². The fourth-order valence-electron chi connectivity index (χ4n) is 1.37. The van der Waals surface area contributed by atoms with E-state index in [1.54, 1.807) is 0 Å². The predicted molar refractivity (Wildman–Crippen MR) is 49.5 cm³/mol. The molecule has 1 saturated heterocycles. The molecule has 0 aromatic heterocycles. The van der Waals surface area contributed by atoms with E-state index in [9.17, 15) is 4.79 Å². The lowest BCUT2D eigenvalue weighted by Crippen LogP contribution is -2.47. The zero-order valence-corrected chi connectivity index (χ0v) is 8.47. The molecule has 1 heterocycles. The van der Waals surface area contributed by atoms with Crippen LogP contribution in [0.15, 0.2) is 0 Å². The van der Waals surface area contributed by atoms with Crippen molar-refractivity contribution >= 4 is 5.97 Å². The summed E-state index contributed by atoms with van der Waals surface area (Å²) in [4.78, 5) is 11.1. The third-order valence-electron chi connectivity index (χ3n) is 2.56. The average Bonchev–Trinajstić information content (AvgIpc) is 2.04. The molecule has 0 aliphatic carbocycles. The van der Waals surface area contributed by atoms with E-state index in [4.69, 9.17) is 9.47 Å². The predicted octanol–water partition coefficient (Wildman–Crippen LogP) is 1.90. The van der Waals surface area contributed by atoms with E-state index in [0.29, 0.717) is 13.0 Å². The Labute approximate surface area is 79.4 Å². The second-order valence-corrected chi connectivity index (χ2v) is 3.55. The van der Waals surface area contributed by atoms with Crippen LogP contribution in [0.1, 0.15) is 39.5 Å². The average molecular weight is 186 g/mol. The first kappa shape index (κ1) is 10.5. The minimum Gasteiger partial charge on any atom is -0.463 e. The maximum absolute atomic E-state index is 11.1. The molecule has 3 nitrogen and oxygen atoms in total. The van der Waals surface area contributed by atoms with Crippen molar-refractivity contribution in [3.05, 3.63) is 0 Å². The summed E-state index contributed by atoms with van der Waals surface area (Å²) in [7, 11) is 0. The Kier molecular flexibility index (Phi) is 3.72. The standard InChI is InChI=1S/C10H18O3/c1-3-5-9(11)12-8-10(4-2)6-7-13-10/h3-8H2,1-2H3. The van der Waals surface area contributed by atoms with E-state index in [0.717, 1.165) is 25.9 Å². The smallest absolute Gasteiger partial charge is 0.305 e. The Balaban J connectivity index is 2.20. The lowest BCUT2D eigenvalue weighted by atomic mass is 9.93. The molecule has 13 heavy (non-hydrogen) atoms. The van der Waals surface area contributed by atoms with Crippen LogP contribution < -0.4 is 0 Å². The zero-order valence-electron chi connectivity index (χ0n) is 8.47. The summed E-state index contributed by atoms with van der Waals surface area (Å²) >= 11 is 0. The molecule has 0 N–H and O–H groups in total. The molecule has 0 bridgehead atoms. The van der Waals surface area contributed by atoms with Gasteiger partial charge in [0.2, 0.25) is 0 Å². The third kappa shape index (κ3) is 2.69. The number of carbonyl (C=O) groups is 1. The first-order chi connectivity index (χ1) is 6.22. The van der Waals surface area contributed by atoms with Crippen LogP contribution in [0.2, 0.25) is 0 Å². The minimum atomic E-state index is -0.149. The summed E-state index contributed by atoms with van der Waals surface area (Å²) in [6, 6.07) is 0.